The van der Waals surface area contributed by atoms with Crippen LogP contribution >= 0.6 is 0 Å². The molecule has 0 aromatic carbocycles. The van der Waals surface area contributed by atoms with Gasteiger partial charge < -0.3 is 4.18 Å². The predicted molar refractivity (Wildman–Crippen MR) is 60.9 cm³/mol. The summed E-state index contributed by atoms with van der Waals surface area (Å²) < 4.78 is 26.7. The number of unbranched alkanes of at least 4 members (excludes halogenated alkanes) is 2. The molecule has 0 aromatic rings. The topological polar surface area (TPSA) is 43.4 Å². The van der Waals surface area contributed by atoms with Gasteiger partial charge in [-0.2, -0.15) is 8.42 Å². The highest BCUT2D eigenvalue weighted by Crippen LogP contribution is 2.29. The van der Waals surface area contributed by atoms with Crippen LogP contribution in [0.15, 0.2) is 11.8 Å². The maximum atomic E-state index is 10.9. The van der Waals surface area contributed by atoms with Gasteiger partial charge in [0.2, 0.25) is 0 Å². The highest BCUT2D eigenvalue weighted by Gasteiger charge is 2.19. The predicted octanol–water partition coefficient (Wildman–Crippen LogP) is 2.84. The first-order chi connectivity index (χ1) is 7.01. The first-order valence-corrected chi connectivity index (χ1v) is 7.43. The van der Waals surface area contributed by atoms with E-state index in [4.69, 9.17) is 4.18 Å². The van der Waals surface area contributed by atoms with E-state index in [1.165, 1.54) is 19.3 Å². The first kappa shape index (κ1) is 12.6. The van der Waals surface area contributed by atoms with Gasteiger partial charge in [0.1, 0.15) is 5.76 Å². The fourth-order valence-corrected chi connectivity index (χ4v) is 2.43. The van der Waals surface area contributed by atoms with Crippen LogP contribution in [-0.2, 0) is 14.3 Å². The van der Waals surface area contributed by atoms with Crippen LogP contribution in [0.3, 0.4) is 0 Å². The van der Waals surface area contributed by atoms with Crippen molar-refractivity contribution in [2.45, 2.75) is 45.4 Å². The lowest BCUT2D eigenvalue weighted by molar-refractivity contribution is 0.401. The number of rotatable bonds is 6. The number of hydrogen-bond acceptors (Lipinski definition) is 3. The van der Waals surface area contributed by atoms with Crippen LogP contribution in [0.1, 0.15) is 45.4 Å². The van der Waals surface area contributed by atoms with Crippen LogP contribution in [0.5, 0.6) is 0 Å². The smallest absolute Gasteiger partial charge is 0.305 e. The second-order valence-electron chi connectivity index (χ2n) is 4.21. The maximum absolute atomic E-state index is 10.9. The monoisotopic (exact) mass is 232 g/mol. The van der Waals surface area contributed by atoms with E-state index in [0.717, 1.165) is 25.5 Å². The van der Waals surface area contributed by atoms with Gasteiger partial charge in [0.25, 0.3) is 0 Å². The van der Waals surface area contributed by atoms with Gasteiger partial charge in [-0.1, -0.05) is 26.2 Å². The molecule has 1 aliphatic carbocycles. The van der Waals surface area contributed by atoms with Gasteiger partial charge in [-0.05, 0) is 24.8 Å². The molecule has 0 spiro atoms. The van der Waals surface area contributed by atoms with Crippen molar-refractivity contribution < 1.29 is 12.6 Å². The molecule has 0 heterocycles. The lowest BCUT2D eigenvalue weighted by atomic mass is 10.0. The number of allylic oxidation sites excluding steroid dienone is 2. The van der Waals surface area contributed by atoms with E-state index in [2.05, 4.69) is 6.92 Å². The van der Waals surface area contributed by atoms with Crippen LogP contribution in [0.4, 0.5) is 0 Å². The van der Waals surface area contributed by atoms with E-state index in [9.17, 15) is 8.42 Å². The Labute approximate surface area is 92.6 Å². The van der Waals surface area contributed by atoms with Crippen molar-refractivity contribution in [1.82, 2.24) is 0 Å². The summed E-state index contributed by atoms with van der Waals surface area (Å²) in [5.41, 5.74) is 0. The maximum Gasteiger partial charge on any atom is 0.305 e. The minimum absolute atomic E-state index is 0.522. The van der Waals surface area contributed by atoms with Gasteiger partial charge in [0.05, 0.1) is 6.26 Å². The van der Waals surface area contributed by atoms with Gasteiger partial charge >= 0.3 is 10.1 Å². The normalized spacial score (nSPS) is 21.5. The Morgan fingerprint density at radius 3 is 2.80 bits per heavy atom. The summed E-state index contributed by atoms with van der Waals surface area (Å²) in [5, 5.41) is 0. The summed E-state index contributed by atoms with van der Waals surface area (Å²) in [6, 6.07) is 0. The van der Waals surface area contributed by atoms with Crippen molar-refractivity contribution in [3.05, 3.63) is 11.8 Å². The molecule has 0 radical (unpaired) electrons. The van der Waals surface area contributed by atoms with Crippen molar-refractivity contribution in [1.29, 1.82) is 0 Å². The standard InChI is InChI=1S/C11H20O3S/c1-3-4-5-6-10-7-8-11(9-10)14-15(2,12)13/h9-10H,3-8H2,1-2H3. The molecule has 1 aliphatic rings. The van der Waals surface area contributed by atoms with E-state index in [1.807, 2.05) is 6.08 Å². The van der Waals surface area contributed by atoms with Gasteiger partial charge in [0, 0.05) is 6.42 Å². The van der Waals surface area contributed by atoms with E-state index < -0.39 is 10.1 Å². The van der Waals surface area contributed by atoms with Crippen molar-refractivity contribution in [3.63, 3.8) is 0 Å². The third-order valence-corrected chi connectivity index (χ3v) is 3.14. The summed E-state index contributed by atoms with van der Waals surface area (Å²) in [7, 11) is -3.32. The Balaban J connectivity index is 2.34. The molecule has 0 aliphatic heterocycles. The van der Waals surface area contributed by atoms with Crippen LogP contribution in [0.25, 0.3) is 0 Å². The van der Waals surface area contributed by atoms with Crippen molar-refractivity contribution in [2.75, 3.05) is 6.26 Å². The average Bonchev–Trinajstić information content (AvgIpc) is 2.50. The number of hydrogen-bond donors (Lipinski definition) is 0. The van der Waals surface area contributed by atoms with Gasteiger partial charge in [-0.25, -0.2) is 0 Å². The summed E-state index contributed by atoms with van der Waals surface area (Å²) in [6.07, 6.45) is 9.75. The fourth-order valence-electron chi connectivity index (χ4n) is 1.91. The SMILES string of the molecule is CCCCCC1C=C(OS(C)(=O)=O)CC1. The van der Waals surface area contributed by atoms with Crippen LogP contribution in [0, 0.1) is 5.92 Å². The first-order valence-electron chi connectivity index (χ1n) is 5.61. The summed E-state index contributed by atoms with van der Waals surface area (Å²) in [4.78, 5) is 0. The molecular formula is C11H20O3S. The lowest BCUT2D eigenvalue weighted by Crippen LogP contribution is -2.00. The summed E-state index contributed by atoms with van der Waals surface area (Å²) in [5.74, 6) is 1.16. The van der Waals surface area contributed by atoms with Gasteiger partial charge in [-0.15, -0.1) is 0 Å². The highest BCUT2D eigenvalue weighted by atomic mass is 32.2. The highest BCUT2D eigenvalue weighted by molar-refractivity contribution is 7.86. The lowest BCUT2D eigenvalue weighted by Gasteiger charge is -2.04. The molecule has 0 saturated carbocycles. The molecule has 0 N–H and O–H groups in total. The van der Waals surface area contributed by atoms with Crippen LogP contribution < -0.4 is 0 Å². The zero-order valence-electron chi connectivity index (χ0n) is 9.53. The zero-order chi connectivity index (χ0) is 11.3. The molecule has 1 atom stereocenters. The second kappa shape index (κ2) is 5.54. The Kier molecular flexibility index (Phi) is 4.64. The van der Waals surface area contributed by atoms with Crippen LogP contribution in [0.2, 0.25) is 0 Å². The summed E-state index contributed by atoms with van der Waals surface area (Å²) in [6.45, 7) is 2.18. The van der Waals surface area contributed by atoms with Crippen molar-refractivity contribution in [3.8, 4) is 0 Å². The molecule has 1 unspecified atom stereocenters. The quantitative estimate of drug-likeness (QED) is 0.522. The molecular weight excluding hydrogens is 212 g/mol. The molecule has 0 amide bonds. The van der Waals surface area contributed by atoms with E-state index in [1.54, 1.807) is 0 Å². The van der Waals surface area contributed by atoms with E-state index >= 15 is 0 Å². The minimum atomic E-state index is -3.32. The van der Waals surface area contributed by atoms with Gasteiger partial charge in [0.15, 0.2) is 0 Å². The van der Waals surface area contributed by atoms with E-state index in [-0.39, 0.29) is 0 Å². The molecule has 3 nitrogen and oxygen atoms in total. The largest absolute Gasteiger partial charge is 0.387 e. The van der Waals surface area contributed by atoms with Crippen LogP contribution in [-0.4, -0.2) is 14.7 Å². The van der Waals surface area contributed by atoms with Crippen molar-refractivity contribution in [2.24, 2.45) is 5.92 Å². The Hall–Kier alpha value is -0.510. The third kappa shape index (κ3) is 5.21. The average molecular weight is 232 g/mol. The third-order valence-electron chi connectivity index (χ3n) is 2.62. The molecule has 88 valence electrons. The molecule has 15 heavy (non-hydrogen) atoms. The minimum Gasteiger partial charge on any atom is -0.387 e. The molecule has 4 heteroatoms. The molecule has 0 aromatic heterocycles. The molecule has 0 fully saturated rings. The molecule has 1 rings (SSSR count). The second-order valence-corrected chi connectivity index (χ2v) is 5.79. The molecule has 0 bridgehead atoms. The van der Waals surface area contributed by atoms with Gasteiger partial charge in [-0.3, -0.25) is 0 Å². The Morgan fingerprint density at radius 1 is 1.47 bits per heavy atom. The van der Waals surface area contributed by atoms with E-state index in [0.29, 0.717) is 11.7 Å². The summed E-state index contributed by atoms with van der Waals surface area (Å²) >= 11 is 0. The Bertz CT molecular complexity index is 317. The Morgan fingerprint density at radius 2 is 2.20 bits per heavy atom. The van der Waals surface area contributed by atoms with Crippen molar-refractivity contribution >= 4 is 10.1 Å². The molecule has 0 saturated heterocycles. The zero-order valence-corrected chi connectivity index (χ0v) is 10.3. The fraction of sp³-hybridized carbons (Fsp3) is 0.818.